The third-order valence-corrected chi connectivity index (χ3v) is 7.43. The molecule has 2 saturated carbocycles. The average Bonchev–Trinajstić information content (AvgIpc) is 3.43. The molecular formula is C24H42O8. The Morgan fingerprint density at radius 2 is 1.41 bits per heavy atom. The van der Waals surface area contributed by atoms with Gasteiger partial charge in [-0.2, -0.15) is 0 Å². The molecule has 6 aliphatic rings. The summed E-state index contributed by atoms with van der Waals surface area (Å²) in [7, 11) is 0. The van der Waals surface area contributed by atoms with E-state index in [1.54, 1.807) is 13.8 Å². The molecule has 6 rings (SSSR count). The molecule has 186 valence electrons. The topological polar surface area (TPSA) is 92.7 Å². The predicted molar refractivity (Wildman–Crippen MR) is 117 cm³/mol. The third-order valence-electron chi connectivity index (χ3n) is 7.43. The Balaban J connectivity index is 0.000000170. The highest BCUT2D eigenvalue weighted by Gasteiger charge is 2.72. The summed E-state index contributed by atoms with van der Waals surface area (Å²) in [4.78, 5) is 12.1. The van der Waals surface area contributed by atoms with Gasteiger partial charge in [-0.05, 0) is 58.8 Å². The van der Waals surface area contributed by atoms with Crippen molar-refractivity contribution < 1.29 is 38.3 Å². The summed E-state index contributed by atoms with van der Waals surface area (Å²) >= 11 is 0. The van der Waals surface area contributed by atoms with Crippen molar-refractivity contribution >= 4 is 5.78 Å². The van der Waals surface area contributed by atoms with E-state index in [1.807, 2.05) is 13.8 Å². The fraction of sp³-hybridized carbons (Fsp3) is 0.958. The van der Waals surface area contributed by atoms with Crippen LogP contribution in [0.4, 0.5) is 0 Å². The Morgan fingerprint density at radius 1 is 0.812 bits per heavy atom. The highest BCUT2D eigenvalue weighted by atomic mass is 16.8. The quantitative estimate of drug-likeness (QED) is 0.672. The van der Waals surface area contributed by atoms with Gasteiger partial charge in [0.25, 0.3) is 0 Å². The van der Waals surface area contributed by atoms with Gasteiger partial charge in [-0.3, -0.25) is 4.79 Å². The fourth-order valence-electron chi connectivity index (χ4n) is 5.68. The molecule has 0 aromatic rings. The number of fused-ring (bicyclic) bond motifs is 2. The lowest BCUT2D eigenvalue weighted by atomic mass is 10.1. The van der Waals surface area contributed by atoms with Crippen LogP contribution in [0.1, 0.15) is 82.1 Å². The van der Waals surface area contributed by atoms with E-state index in [4.69, 9.17) is 28.4 Å². The van der Waals surface area contributed by atoms with Crippen molar-refractivity contribution in [1.82, 2.24) is 0 Å². The van der Waals surface area contributed by atoms with Gasteiger partial charge in [-0.1, -0.05) is 35.1 Å². The standard InChI is InChI=1S/C11H18O4.C11H16O4.2CH4/c2*1-4-6-5-11(6)8(12)7-9(15-11)14-10(2,3)13-7;;/h6-9,12H,4-5H2,1-3H3;6-7,9H,4-5H2,1-3H3;2*1H4/t6-,7+,8?,9+,11+;6-,7+,9+,11+;;/m11../s1. The Kier molecular flexibility index (Phi) is 6.48. The number of hydrogen-bond donors (Lipinski definition) is 1. The number of carbonyl (C=O) groups is 1. The lowest BCUT2D eigenvalue weighted by molar-refractivity contribution is -0.222. The molecule has 9 atom stereocenters. The molecule has 0 aromatic heterocycles. The maximum absolute atomic E-state index is 12.1. The molecule has 2 spiro atoms. The van der Waals surface area contributed by atoms with Crippen molar-refractivity contribution in [3.8, 4) is 0 Å². The van der Waals surface area contributed by atoms with Gasteiger partial charge < -0.3 is 33.5 Å². The Hall–Kier alpha value is -0.610. The first kappa shape index (κ1) is 26.0. The van der Waals surface area contributed by atoms with Crippen LogP contribution in [0.25, 0.3) is 0 Å². The minimum atomic E-state index is -0.691. The highest BCUT2D eigenvalue weighted by molar-refractivity contribution is 5.96. The van der Waals surface area contributed by atoms with Gasteiger partial charge in [0.1, 0.15) is 23.4 Å². The monoisotopic (exact) mass is 458 g/mol. The maximum Gasteiger partial charge on any atom is 0.199 e. The summed E-state index contributed by atoms with van der Waals surface area (Å²) in [6.07, 6.45) is 1.58. The second-order valence-electron chi connectivity index (χ2n) is 10.4. The number of carbonyl (C=O) groups excluding carboxylic acids is 1. The van der Waals surface area contributed by atoms with Crippen molar-refractivity contribution in [3.05, 3.63) is 0 Å². The van der Waals surface area contributed by atoms with E-state index >= 15 is 0 Å². The molecule has 0 amide bonds. The summed E-state index contributed by atoms with van der Waals surface area (Å²) in [5, 5.41) is 10.2. The molecule has 1 unspecified atom stereocenters. The molecule has 0 aromatic carbocycles. The van der Waals surface area contributed by atoms with Crippen LogP contribution in [0.3, 0.4) is 0 Å². The number of aliphatic hydroxyl groups is 1. The van der Waals surface area contributed by atoms with E-state index in [1.165, 1.54) is 0 Å². The van der Waals surface area contributed by atoms with Crippen molar-refractivity contribution in [2.24, 2.45) is 11.8 Å². The van der Waals surface area contributed by atoms with Crippen LogP contribution in [0.2, 0.25) is 0 Å². The number of Topliss-reactive ketones (excluding diaryl/α,β-unsaturated/α-hetero) is 1. The van der Waals surface area contributed by atoms with Crippen molar-refractivity contribution in [3.63, 3.8) is 0 Å². The average molecular weight is 459 g/mol. The molecule has 1 N–H and O–H groups in total. The van der Waals surface area contributed by atoms with E-state index in [-0.39, 0.29) is 38.6 Å². The third kappa shape index (κ3) is 3.76. The Labute approximate surface area is 192 Å². The zero-order chi connectivity index (χ0) is 21.7. The minimum absolute atomic E-state index is 0. The van der Waals surface area contributed by atoms with Crippen LogP contribution >= 0.6 is 0 Å². The lowest BCUT2D eigenvalue weighted by Crippen LogP contribution is -2.36. The molecule has 4 aliphatic heterocycles. The van der Waals surface area contributed by atoms with Gasteiger partial charge in [-0.15, -0.1) is 0 Å². The first-order chi connectivity index (χ1) is 14.0. The molecule has 2 aliphatic carbocycles. The van der Waals surface area contributed by atoms with Gasteiger partial charge in [-0.25, -0.2) is 0 Å². The maximum atomic E-state index is 12.1. The Morgan fingerprint density at radius 3 is 1.91 bits per heavy atom. The molecular weight excluding hydrogens is 416 g/mol. The summed E-state index contributed by atoms with van der Waals surface area (Å²) in [5.41, 5.74) is -0.916. The second kappa shape index (κ2) is 7.97. The van der Waals surface area contributed by atoms with Crippen molar-refractivity contribution in [2.45, 2.75) is 136 Å². The molecule has 8 nitrogen and oxygen atoms in total. The minimum Gasteiger partial charge on any atom is -0.387 e. The summed E-state index contributed by atoms with van der Waals surface area (Å²) in [6.45, 7) is 11.5. The van der Waals surface area contributed by atoms with Gasteiger partial charge in [0.2, 0.25) is 0 Å². The van der Waals surface area contributed by atoms with Crippen LogP contribution in [0, 0.1) is 11.8 Å². The van der Waals surface area contributed by atoms with E-state index in [2.05, 4.69) is 13.8 Å². The highest BCUT2D eigenvalue weighted by Crippen LogP contribution is 2.59. The van der Waals surface area contributed by atoms with E-state index in [9.17, 15) is 9.90 Å². The van der Waals surface area contributed by atoms with Crippen LogP contribution in [-0.4, -0.2) is 64.6 Å². The van der Waals surface area contributed by atoms with Crippen LogP contribution < -0.4 is 0 Å². The second-order valence-corrected chi connectivity index (χ2v) is 10.4. The molecule has 6 fully saturated rings. The molecule has 32 heavy (non-hydrogen) atoms. The first-order valence-corrected chi connectivity index (χ1v) is 11.3. The summed E-state index contributed by atoms with van der Waals surface area (Å²) in [6, 6.07) is 0. The van der Waals surface area contributed by atoms with Gasteiger partial charge >= 0.3 is 0 Å². The normalized spacial score (nSPS) is 50.2. The van der Waals surface area contributed by atoms with E-state index in [0.717, 1.165) is 25.7 Å². The molecule has 0 radical (unpaired) electrons. The SMILES string of the molecule is C.C.CC[C@@H]1C[C@]12O[C@@H]1OC(C)(C)O[C@H]1C2=O.CC[C@@H]1C[C@]12O[C@@H]1OC(C)(C)O[C@H]1C2O. The van der Waals surface area contributed by atoms with Crippen LogP contribution in [-0.2, 0) is 33.2 Å². The Bertz CT molecular complexity index is 738. The molecule has 4 saturated heterocycles. The van der Waals surface area contributed by atoms with E-state index in [0.29, 0.717) is 11.8 Å². The summed E-state index contributed by atoms with van der Waals surface area (Å²) < 4.78 is 33.9. The van der Waals surface area contributed by atoms with Gasteiger partial charge in [0.05, 0.1) is 0 Å². The summed E-state index contributed by atoms with van der Waals surface area (Å²) in [5.74, 6) is -0.401. The zero-order valence-corrected chi connectivity index (χ0v) is 18.7. The number of ketones is 1. The smallest absolute Gasteiger partial charge is 0.199 e. The fourth-order valence-corrected chi connectivity index (χ4v) is 5.68. The largest absolute Gasteiger partial charge is 0.387 e. The zero-order valence-electron chi connectivity index (χ0n) is 18.7. The molecule has 8 heteroatoms. The first-order valence-electron chi connectivity index (χ1n) is 11.3. The number of aliphatic hydroxyl groups excluding tert-OH is 1. The van der Waals surface area contributed by atoms with Crippen molar-refractivity contribution in [2.75, 3.05) is 0 Å². The number of ether oxygens (including phenoxy) is 6. The van der Waals surface area contributed by atoms with E-state index < -0.39 is 35.7 Å². The lowest BCUT2D eigenvalue weighted by Gasteiger charge is -2.23. The van der Waals surface area contributed by atoms with Crippen molar-refractivity contribution in [1.29, 1.82) is 0 Å². The molecule has 4 heterocycles. The van der Waals surface area contributed by atoms with Crippen LogP contribution in [0.15, 0.2) is 0 Å². The number of rotatable bonds is 2. The van der Waals surface area contributed by atoms with Crippen LogP contribution in [0.5, 0.6) is 0 Å². The van der Waals surface area contributed by atoms with Gasteiger partial charge in [0.15, 0.2) is 36.0 Å². The molecule has 0 bridgehead atoms. The van der Waals surface area contributed by atoms with Gasteiger partial charge in [0, 0.05) is 0 Å². The number of hydrogen-bond acceptors (Lipinski definition) is 8. The predicted octanol–water partition coefficient (Wildman–Crippen LogP) is 3.53.